The van der Waals surface area contributed by atoms with E-state index in [4.69, 9.17) is 16.3 Å². The Balaban J connectivity index is 1.51. The van der Waals surface area contributed by atoms with E-state index in [0.29, 0.717) is 27.2 Å². The molecule has 2 atom stereocenters. The van der Waals surface area contributed by atoms with Gasteiger partial charge in [-0.25, -0.2) is 9.69 Å². The van der Waals surface area contributed by atoms with Gasteiger partial charge in [0.25, 0.3) is 5.91 Å². The van der Waals surface area contributed by atoms with Gasteiger partial charge in [-0.05, 0) is 42.5 Å². The molecule has 0 radical (unpaired) electrons. The highest BCUT2D eigenvalue weighted by Crippen LogP contribution is 2.45. The van der Waals surface area contributed by atoms with Crippen LogP contribution in [0.25, 0.3) is 15.7 Å². The van der Waals surface area contributed by atoms with Gasteiger partial charge in [0.1, 0.15) is 16.7 Å². The minimum Gasteiger partial charge on any atom is -0.508 e. The highest BCUT2D eigenvalue weighted by atomic mass is 35.5. The molecule has 3 amide bonds. The Morgan fingerprint density at radius 3 is 2.84 bits per heavy atom. The Morgan fingerprint density at radius 1 is 1.19 bits per heavy atom. The van der Waals surface area contributed by atoms with E-state index >= 15 is 0 Å². The number of carbonyl (C=O) groups excluding carboxylic acids is 2. The largest absolute Gasteiger partial charge is 0.508 e. The first-order chi connectivity index (χ1) is 15.0. The predicted molar refractivity (Wildman–Crippen MR) is 121 cm³/mol. The van der Waals surface area contributed by atoms with Gasteiger partial charge in [0, 0.05) is 32.5 Å². The molecule has 1 aromatic heterocycles. The zero-order chi connectivity index (χ0) is 21.7. The number of aromatic hydroxyl groups is 1. The van der Waals surface area contributed by atoms with Crippen LogP contribution in [-0.2, 0) is 4.79 Å². The molecule has 3 heterocycles. The smallest absolute Gasteiger partial charge is 0.329 e. The van der Waals surface area contributed by atoms with Crippen LogP contribution < -0.4 is 15.0 Å². The molecule has 0 bridgehead atoms. The summed E-state index contributed by atoms with van der Waals surface area (Å²) in [5.41, 5.74) is 1.06. The van der Waals surface area contributed by atoms with E-state index in [1.165, 1.54) is 30.1 Å². The maximum atomic E-state index is 13.4. The second kappa shape index (κ2) is 7.47. The van der Waals surface area contributed by atoms with Crippen molar-refractivity contribution in [2.45, 2.75) is 11.3 Å². The standard InChI is InChI=1S/C22H16ClN3O4S/c1-30-13-4-5-16(23)15(7-13)19-8-17-20(31-19)21(28)26(22(29)25-17)18-10-24-9-11-2-3-12(27)6-14(11)18/h2-10,17,20,27H,1H3,(H,25,29). The Bertz CT molecular complexity index is 1280. The van der Waals surface area contributed by atoms with Crippen LogP contribution in [0.4, 0.5) is 10.5 Å². The van der Waals surface area contributed by atoms with E-state index in [1.807, 2.05) is 6.08 Å². The molecule has 3 aromatic rings. The summed E-state index contributed by atoms with van der Waals surface area (Å²) >= 11 is 7.72. The molecule has 2 N–H and O–H groups in total. The van der Waals surface area contributed by atoms with Crippen LogP contribution in [0.15, 0.2) is 54.9 Å². The second-order valence-corrected chi connectivity index (χ2v) is 8.72. The average Bonchev–Trinajstić information content (AvgIpc) is 3.18. The molecule has 2 unspecified atom stereocenters. The number of aromatic nitrogens is 1. The van der Waals surface area contributed by atoms with Crippen molar-refractivity contribution in [2.75, 3.05) is 12.0 Å². The zero-order valence-electron chi connectivity index (χ0n) is 16.2. The van der Waals surface area contributed by atoms with Gasteiger partial charge in [-0.15, -0.1) is 11.8 Å². The lowest BCUT2D eigenvalue weighted by atomic mass is 10.1. The maximum absolute atomic E-state index is 13.4. The second-order valence-electron chi connectivity index (χ2n) is 7.13. The molecule has 5 rings (SSSR count). The Hall–Kier alpha value is -3.23. The van der Waals surface area contributed by atoms with Gasteiger partial charge in [0.05, 0.1) is 25.0 Å². The number of methoxy groups -OCH3 is 1. The van der Waals surface area contributed by atoms with E-state index in [0.717, 1.165) is 15.4 Å². The fourth-order valence-corrected chi connectivity index (χ4v) is 5.34. The van der Waals surface area contributed by atoms with E-state index in [9.17, 15) is 14.7 Å². The minimum atomic E-state index is -0.553. The van der Waals surface area contributed by atoms with Crippen LogP contribution in [0.1, 0.15) is 5.56 Å². The van der Waals surface area contributed by atoms with Gasteiger partial charge in [0.15, 0.2) is 0 Å². The quantitative estimate of drug-likeness (QED) is 0.618. The molecular weight excluding hydrogens is 438 g/mol. The molecule has 1 saturated heterocycles. The fourth-order valence-electron chi connectivity index (χ4n) is 3.77. The summed E-state index contributed by atoms with van der Waals surface area (Å²) in [6, 6.07) is 9.03. The summed E-state index contributed by atoms with van der Waals surface area (Å²) in [5, 5.41) is 14.0. The lowest BCUT2D eigenvalue weighted by Crippen LogP contribution is -2.60. The number of halogens is 1. The van der Waals surface area contributed by atoms with Crippen molar-refractivity contribution in [2.24, 2.45) is 0 Å². The monoisotopic (exact) mass is 453 g/mol. The number of imide groups is 1. The number of hydrogen-bond acceptors (Lipinski definition) is 6. The van der Waals surface area contributed by atoms with Crippen molar-refractivity contribution in [3.63, 3.8) is 0 Å². The first-order valence-corrected chi connectivity index (χ1v) is 10.7. The Kier molecular flexibility index (Phi) is 4.75. The molecule has 1 fully saturated rings. The summed E-state index contributed by atoms with van der Waals surface area (Å²) in [4.78, 5) is 32.3. The molecule has 2 aliphatic rings. The normalized spacial score (nSPS) is 20.5. The SMILES string of the molecule is COc1ccc(Cl)c(C2=CC3NC(=O)N(c4cncc5ccc(O)cc45)C(=O)C3S2)c1. The van der Waals surface area contributed by atoms with Crippen molar-refractivity contribution in [3.05, 3.63) is 65.5 Å². The van der Waals surface area contributed by atoms with E-state index < -0.39 is 17.3 Å². The van der Waals surface area contributed by atoms with Crippen LogP contribution in [0, 0.1) is 0 Å². The summed E-state index contributed by atoms with van der Waals surface area (Å²) in [6.45, 7) is 0. The van der Waals surface area contributed by atoms with E-state index in [1.54, 1.807) is 37.6 Å². The lowest BCUT2D eigenvalue weighted by Gasteiger charge is -2.33. The summed E-state index contributed by atoms with van der Waals surface area (Å²) in [5.74, 6) is 0.325. The number of nitrogens with one attached hydrogen (secondary N) is 1. The van der Waals surface area contributed by atoms with Gasteiger partial charge in [-0.2, -0.15) is 0 Å². The number of phenols is 1. The summed E-state index contributed by atoms with van der Waals surface area (Å²) < 4.78 is 5.28. The molecule has 9 heteroatoms. The number of carbonyl (C=O) groups is 2. The fraction of sp³-hybridized carbons (Fsp3) is 0.136. The zero-order valence-corrected chi connectivity index (χ0v) is 17.8. The molecule has 31 heavy (non-hydrogen) atoms. The van der Waals surface area contributed by atoms with Crippen molar-refractivity contribution >= 4 is 56.7 Å². The summed E-state index contributed by atoms with van der Waals surface area (Å²) in [6.07, 6.45) is 4.91. The molecule has 0 spiro atoms. The van der Waals surface area contributed by atoms with Crippen LogP contribution >= 0.6 is 23.4 Å². The van der Waals surface area contributed by atoms with Crippen molar-refractivity contribution < 1.29 is 19.4 Å². The number of ether oxygens (including phenoxy) is 1. The number of fused-ring (bicyclic) bond motifs is 2. The molecule has 0 aliphatic carbocycles. The number of thioether (sulfide) groups is 1. The number of anilines is 1. The Morgan fingerprint density at radius 2 is 2.03 bits per heavy atom. The predicted octanol–water partition coefficient (Wildman–Crippen LogP) is 4.18. The highest BCUT2D eigenvalue weighted by molar-refractivity contribution is 8.09. The van der Waals surface area contributed by atoms with Crippen LogP contribution in [0.2, 0.25) is 5.02 Å². The van der Waals surface area contributed by atoms with Crippen molar-refractivity contribution in [1.82, 2.24) is 10.3 Å². The topological polar surface area (TPSA) is 91.8 Å². The van der Waals surface area contributed by atoms with E-state index in [-0.39, 0.29) is 11.7 Å². The third-order valence-corrected chi connectivity index (χ3v) is 6.96. The molecule has 2 aliphatic heterocycles. The number of phenolic OH excluding ortho intramolecular Hbond substituents is 1. The Labute approximate surface area is 186 Å². The van der Waals surface area contributed by atoms with Gasteiger partial charge >= 0.3 is 6.03 Å². The number of benzene rings is 2. The number of urea groups is 1. The van der Waals surface area contributed by atoms with Crippen LogP contribution in [0.5, 0.6) is 11.5 Å². The number of rotatable bonds is 3. The van der Waals surface area contributed by atoms with Crippen LogP contribution in [0.3, 0.4) is 0 Å². The van der Waals surface area contributed by atoms with Gasteiger partial charge in [-0.1, -0.05) is 11.6 Å². The number of hydrogen-bond donors (Lipinski definition) is 2. The third kappa shape index (κ3) is 3.28. The van der Waals surface area contributed by atoms with Crippen molar-refractivity contribution in [3.8, 4) is 11.5 Å². The van der Waals surface area contributed by atoms with E-state index in [2.05, 4.69) is 10.3 Å². The average molecular weight is 454 g/mol. The van der Waals surface area contributed by atoms with Crippen LogP contribution in [-0.4, -0.2) is 40.4 Å². The first kappa shape index (κ1) is 19.7. The maximum Gasteiger partial charge on any atom is 0.329 e. The summed E-state index contributed by atoms with van der Waals surface area (Å²) in [7, 11) is 1.57. The highest BCUT2D eigenvalue weighted by Gasteiger charge is 2.45. The van der Waals surface area contributed by atoms with Gasteiger partial charge < -0.3 is 15.2 Å². The number of pyridine rings is 1. The number of nitrogens with zero attached hydrogens (tertiary/aromatic N) is 2. The minimum absolute atomic E-state index is 0.0366. The third-order valence-electron chi connectivity index (χ3n) is 5.27. The van der Waals surface area contributed by atoms with Crippen molar-refractivity contribution in [1.29, 1.82) is 0 Å². The first-order valence-electron chi connectivity index (χ1n) is 9.40. The number of amides is 3. The molecule has 156 valence electrons. The molecule has 7 nitrogen and oxygen atoms in total. The van der Waals surface area contributed by atoms with Gasteiger partial charge in [-0.3, -0.25) is 9.78 Å². The molecule has 2 aromatic carbocycles. The van der Waals surface area contributed by atoms with Gasteiger partial charge in [0.2, 0.25) is 0 Å². The molecule has 0 saturated carbocycles. The molecular formula is C22H16ClN3O4S. The lowest BCUT2D eigenvalue weighted by molar-refractivity contribution is -0.118.